The highest BCUT2D eigenvalue weighted by molar-refractivity contribution is 5.44. The van der Waals surface area contributed by atoms with E-state index in [-0.39, 0.29) is 0 Å². The summed E-state index contributed by atoms with van der Waals surface area (Å²) < 4.78 is 38.8. The number of rotatable bonds is 3. The van der Waals surface area contributed by atoms with Crippen LogP contribution >= 0.6 is 0 Å². The zero-order valence-electron chi connectivity index (χ0n) is 10.8. The largest absolute Gasteiger partial charge is 0.416 e. The van der Waals surface area contributed by atoms with Crippen molar-refractivity contribution in [1.82, 2.24) is 25.1 Å². The van der Waals surface area contributed by atoms with Crippen LogP contribution in [0.2, 0.25) is 0 Å². The summed E-state index contributed by atoms with van der Waals surface area (Å²) in [6.07, 6.45) is -0.948. The Morgan fingerprint density at radius 3 is 2.35 bits per heavy atom. The SMILES string of the molecule is CN(C)/C=C/c1nnnn1-c1ccc(C(F)(F)F)cc1. The van der Waals surface area contributed by atoms with Crippen molar-refractivity contribution >= 4 is 6.08 Å². The predicted molar refractivity (Wildman–Crippen MR) is 66.9 cm³/mol. The fraction of sp³-hybridized carbons (Fsp3) is 0.250. The summed E-state index contributed by atoms with van der Waals surface area (Å²) in [4.78, 5) is 1.80. The van der Waals surface area contributed by atoms with Crippen LogP contribution in [0, 0.1) is 0 Å². The van der Waals surface area contributed by atoms with Crippen molar-refractivity contribution in [3.63, 3.8) is 0 Å². The molecule has 8 heteroatoms. The topological polar surface area (TPSA) is 46.8 Å². The summed E-state index contributed by atoms with van der Waals surface area (Å²) in [5, 5.41) is 11.1. The Bertz CT molecular complexity index is 598. The molecule has 2 rings (SSSR count). The zero-order valence-corrected chi connectivity index (χ0v) is 10.8. The number of benzene rings is 1. The van der Waals surface area contributed by atoms with Gasteiger partial charge in [0.25, 0.3) is 0 Å². The first-order valence-electron chi connectivity index (χ1n) is 5.68. The van der Waals surface area contributed by atoms with Gasteiger partial charge in [-0.3, -0.25) is 0 Å². The summed E-state index contributed by atoms with van der Waals surface area (Å²) in [5.41, 5.74) is -0.249. The third-order valence-electron chi connectivity index (χ3n) is 2.45. The van der Waals surface area contributed by atoms with Gasteiger partial charge in [0.2, 0.25) is 0 Å². The molecule has 0 radical (unpaired) electrons. The van der Waals surface area contributed by atoms with Gasteiger partial charge in [0.05, 0.1) is 11.3 Å². The Morgan fingerprint density at radius 2 is 1.80 bits per heavy atom. The summed E-state index contributed by atoms with van der Waals surface area (Å²) in [7, 11) is 3.67. The van der Waals surface area contributed by atoms with E-state index >= 15 is 0 Å². The van der Waals surface area contributed by atoms with Crippen molar-refractivity contribution < 1.29 is 13.2 Å². The molecule has 0 spiro atoms. The van der Waals surface area contributed by atoms with Crippen LogP contribution in [0.15, 0.2) is 30.5 Å². The highest BCUT2D eigenvalue weighted by Crippen LogP contribution is 2.29. The second-order valence-corrected chi connectivity index (χ2v) is 4.27. The molecule has 0 fully saturated rings. The molecule has 2 aromatic rings. The van der Waals surface area contributed by atoms with Gasteiger partial charge in [-0.05, 0) is 34.7 Å². The minimum Gasteiger partial charge on any atom is -0.383 e. The van der Waals surface area contributed by atoms with Gasteiger partial charge in [-0.15, -0.1) is 5.10 Å². The Morgan fingerprint density at radius 1 is 1.15 bits per heavy atom. The quantitative estimate of drug-likeness (QED) is 0.866. The smallest absolute Gasteiger partial charge is 0.383 e. The van der Waals surface area contributed by atoms with E-state index in [0.29, 0.717) is 11.5 Å². The first-order valence-corrected chi connectivity index (χ1v) is 5.68. The van der Waals surface area contributed by atoms with Gasteiger partial charge in [0.1, 0.15) is 0 Å². The fourth-order valence-electron chi connectivity index (χ4n) is 1.49. The number of nitrogens with zero attached hydrogens (tertiary/aromatic N) is 5. The maximum atomic E-state index is 12.5. The predicted octanol–water partition coefficient (Wildman–Crippen LogP) is 2.21. The molecule has 0 bridgehead atoms. The Hall–Kier alpha value is -2.38. The molecule has 0 N–H and O–H groups in total. The van der Waals surface area contributed by atoms with Crippen LogP contribution in [0.3, 0.4) is 0 Å². The Labute approximate surface area is 113 Å². The molecule has 1 aromatic heterocycles. The van der Waals surface area contributed by atoms with Gasteiger partial charge in [0, 0.05) is 26.4 Å². The van der Waals surface area contributed by atoms with Gasteiger partial charge in [0.15, 0.2) is 5.82 Å². The van der Waals surface area contributed by atoms with E-state index in [1.54, 1.807) is 17.2 Å². The molecule has 0 atom stereocenters. The number of alkyl halides is 3. The number of tetrazole rings is 1. The van der Waals surface area contributed by atoms with Crippen LogP contribution in [0.1, 0.15) is 11.4 Å². The van der Waals surface area contributed by atoms with Crippen molar-refractivity contribution in [2.75, 3.05) is 14.1 Å². The van der Waals surface area contributed by atoms with Crippen molar-refractivity contribution in [1.29, 1.82) is 0 Å². The van der Waals surface area contributed by atoms with Crippen LogP contribution in [0.5, 0.6) is 0 Å². The number of hydrogen-bond donors (Lipinski definition) is 0. The highest BCUT2D eigenvalue weighted by Gasteiger charge is 2.30. The lowest BCUT2D eigenvalue weighted by Gasteiger charge is -2.08. The van der Waals surface area contributed by atoms with Crippen LogP contribution in [-0.4, -0.2) is 39.2 Å². The molecule has 106 valence electrons. The molecule has 1 aromatic carbocycles. The summed E-state index contributed by atoms with van der Waals surface area (Å²) in [6.45, 7) is 0. The maximum absolute atomic E-state index is 12.5. The zero-order chi connectivity index (χ0) is 14.8. The van der Waals surface area contributed by atoms with E-state index < -0.39 is 11.7 Å². The molecule has 0 aliphatic carbocycles. The lowest BCUT2D eigenvalue weighted by molar-refractivity contribution is -0.137. The normalized spacial score (nSPS) is 12.1. The Balaban J connectivity index is 2.31. The summed E-state index contributed by atoms with van der Waals surface area (Å²) >= 11 is 0. The van der Waals surface area contributed by atoms with Crippen LogP contribution in [0.4, 0.5) is 13.2 Å². The van der Waals surface area contributed by atoms with E-state index in [9.17, 15) is 13.2 Å². The molecular weight excluding hydrogens is 271 g/mol. The molecule has 1 heterocycles. The number of hydrogen-bond acceptors (Lipinski definition) is 4. The molecule has 0 unspecified atom stereocenters. The molecule has 0 aliphatic heterocycles. The monoisotopic (exact) mass is 283 g/mol. The van der Waals surface area contributed by atoms with Crippen molar-refractivity contribution in [3.8, 4) is 5.69 Å². The lowest BCUT2D eigenvalue weighted by atomic mass is 10.2. The maximum Gasteiger partial charge on any atom is 0.416 e. The van der Waals surface area contributed by atoms with E-state index in [1.807, 2.05) is 14.1 Å². The van der Waals surface area contributed by atoms with Crippen LogP contribution in [0.25, 0.3) is 11.8 Å². The van der Waals surface area contributed by atoms with Crippen LogP contribution in [-0.2, 0) is 6.18 Å². The van der Waals surface area contributed by atoms with Crippen molar-refractivity contribution in [2.24, 2.45) is 0 Å². The number of aromatic nitrogens is 4. The molecule has 0 amide bonds. The second kappa shape index (κ2) is 5.32. The van der Waals surface area contributed by atoms with Gasteiger partial charge in [-0.2, -0.15) is 17.9 Å². The molecule has 20 heavy (non-hydrogen) atoms. The number of halogens is 3. The van der Waals surface area contributed by atoms with Gasteiger partial charge in [-0.1, -0.05) is 0 Å². The third kappa shape index (κ3) is 3.14. The van der Waals surface area contributed by atoms with Gasteiger partial charge < -0.3 is 4.90 Å². The van der Waals surface area contributed by atoms with E-state index in [4.69, 9.17) is 0 Å². The third-order valence-corrected chi connectivity index (χ3v) is 2.45. The average Bonchev–Trinajstić information content (AvgIpc) is 2.83. The fourth-order valence-corrected chi connectivity index (χ4v) is 1.49. The molecule has 0 saturated carbocycles. The standard InChI is InChI=1S/C12H12F3N5/c1-19(2)8-7-11-16-17-18-20(11)10-5-3-9(4-6-10)12(13,14)15/h3-8H,1-2H3/b8-7+. The summed E-state index contributed by atoms with van der Waals surface area (Å²) in [6, 6.07) is 4.64. The molecular formula is C12H12F3N5. The lowest BCUT2D eigenvalue weighted by Crippen LogP contribution is -2.06. The van der Waals surface area contributed by atoms with Crippen molar-refractivity contribution in [2.45, 2.75) is 6.18 Å². The van der Waals surface area contributed by atoms with Gasteiger partial charge >= 0.3 is 6.18 Å². The first-order chi connectivity index (χ1) is 9.38. The van der Waals surface area contributed by atoms with E-state index in [0.717, 1.165) is 12.1 Å². The van der Waals surface area contributed by atoms with Crippen molar-refractivity contribution in [3.05, 3.63) is 41.9 Å². The average molecular weight is 283 g/mol. The highest BCUT2D eigenvalue weighted by atomic mass is 19.4. The molecule has 0 aliphatic rings. The molecule has 5 nitrogen and oxygen atoms in total. The first kappa shape index (κ1) is 14.0. The Kier molecular flexibility index (Phi) is 3.73. The van der Waals surface area contributed by atoms with E-state index in [2.05, 4.69) is 15.5 Å². The molecule has 0 saturated heterocycles. The second-order valence-electron chi connectivity index (χ2n) is 4.27. The van der Waals surface area contributed by atoms with Crippen LogP contribution < -0.4 is 0 Å². The minimum absolute atomic E-state index is 0.429. The van der Waals surface area contributed by atoms with E-state index in [1.165, 1.54) is 16.8 Å². The summed E-state index contributed by atoms with van der Waals surface area (Å²) in [5.74, 6) is 0.429. The minimum atomic E-state index is -4.35. The van der Waals surface area contributed by atoms with Gasteiger partial charge in [-0.25, -0.2) is 0 Å².